The molecule has 30 heavy (non-hydrogen) atoms. The molecule has 174 valence electrons. The van der Waals surface area contributed by atoms with E-state index in [4.69, 9.17) is 4.74 Å². The highest BCUT2D eigenvalue weighted by atomic mass is 32.2. The number of ether oxygens (including phenoxy) is 1. The number of aliphatic imine (C=N–C) groups is 1. The fourth-order valence-electron chi connectivity index (χ4n) is 4.73. The maximum absolute atomic E-state index is 12.3. The van der Waals surface area contributed by atoms with Crippen LogP contribution in [0.25, 0.3) is 0 Å². The predicted octanol–water partition coefficient (Wildman–Crippen LogP) is 1.29. The molecular formula is C21H41N5O3S. The number of likely N-dealkylation sites (tertiary alicyclic amines) is 1. The van der Waals surface area contributed by atoms with Crippen molar-refractivity contribution in [3.63, 3.8) is 0 Å². The lowest BCUT2D eigenvalue weighted by atomic mass is 10.1. The Labute approximate surface area is 182 Å². The topological polar surface area (TPSA) is 95.1 Å². The Morgan fingerprint density at radius 1 is 1.13 bits per heavy atom. The van der Waals surface area contributed by atoms with Crippen molar-refractivity contribution in [3.05, 3.63) is 0 Å². The summed E-state index contributed by atoms with van der Waals surface area (Å²) < 4.78 is 32.8. The van der Waals surface area contributed by atoms with Crippen molar-refractivity contribution in [2.45, 2.75) is 70.4 Å². The highest BCUT2D eigenvalue weighted by molar-refractivity contribution is 7.89. The van der Waals surface area contributed by atoms with Gasteiger partial charge >= 0.3 is 0 Å². The van der Waals surface area contributed by atoms with Crippen LogP contribution in [0.15, 0.2) is 4.99 Å². The summed E-state index contributed by atoms with van der Waals surface area (Å²) in [6, 6.07) is 0.377. The van der Waals surface area contributed by atoms with E-state index in [1.807, 2.05) is 6.92 Å². The van der Waals surface area contributed by atoms with Crippen molar-refractivity contribution in [2.75, 3.05) is 51.6 Å². The van der Waals surface area contributed by atoms with Gasteiger partial charge in [0, 0.05) is 45.4 Å². The standard InChI is InChI=1S/C21H41N5O3S/c1-2-22-21(25-19-10-12-26(17-19)16-18-7-3-4-8-18)23-11-14-30(27,28)24-15-20-9-5-6-13-29-20/h18-20,24H,2-17H2,1H3,(H2,22,23,25). The van der Waals surface area contributed by atoms with Crippen molar-refractivity contribution in [3.8, 4) is 0 Å². The molecule has 2 saturated heterocycles. The molecule has 3 aliphatic rings. The minimum atomic E-state index is -3.34. The summed E-state index contributed by atoms with van der Waals surface area (Å²) in [5, 5.41) is 6.76. The van der Waals surface area contributed by atoms with Crippen LogP contribution in [0.5, 0.6) is 0 Å². The molecule has 2 aliphatic heterocycles. The van der Waals surface area contributed by atoms with E-state index in [2.05, 4.69) is 25.2 Å². The second-order valence-electron chi connectivity index (χ2n) is 8.96. The van der Waals surface area contributed by atoms with Crippen LogP contribution in [-0.4, -0.2) is 83.1 Å². The third kappa shape index (κ3) is 8.32. The third-order valence-corrected chi connectivity index (χ3v) is 7.71. The molecule has 0 aromatic carbocycles. The Kier molecular flexibility index (Phi) is 9.67. The first-order valence-corrected chi connectivity index (χ1v) is 13.6. The first kappa shape index (κ1) is 23.8. The maximum atomic E-state index is 12.3. The lowest BCUT2D eigenvalue weighted by Gasteiger charge is -2.22. The maximum Gasteiger partial charge on any atom is 0.213 e. The molecule has 8 nitrogen and oxygen atoms in total. The van der Waals surface area contributed by atoms with Crippen LogP contribution in [-0.2, 0) is 14.8 Å². The van der Waals surface area contributed by atoms with Crippen molar-refractivity contribution in [1.82, 2.24) is 20.3 Å². The van der Waals surface area contributed by atoms with Crippen LogP contribution in [0.1, 0.15) is 58.3 Å². The van der Waals surface area contributed by atoms with E-state index in [9.17, 15) is 8.42 Å². The molecule has 3 rings (SSSR count). The van der Waals surface area contributed by atoms with Crippen LogP contribution >= 0.6 is 0 Å². The highest BCUT2D eigenvalue weighted by Crippen LogP contribution is 2.26. The molecule has 0 spiro atoms. The summed E-state index contributed by atoms with van der Waals surface area (Å²) in [5.41, 5.74) is 0. The van der Waals surface area contributed by atoms with E-state index in [1.165, 1.54) is 32.2 Å². The summed E-state index contributed by atoms with van der Waals surface area (Å²) in [5.74, 6) is 1.59. The number of guanidine groups is 1. The van der Waals surface area contributed by atoms with Gasteiger partial charge in [-0.25, -0.2) is 13.1 Å². The number of hydrogen-bond acceptors (Lipinski definition) is 5. The van der Waals surface area contributed by atoms with E-state index in [-0.39, 0.29) is 18.4 Å². The lowest BCUT2D eigenvalue weighted by Crippen LogP contribution is -2.45. The Morgan fingerprint density at radius 2 is 1.93 bits per heavy atom. The lowest BCUT2D eigenvalue weighted by molar-refractivity contribution is 0.0200. The molecule has 0 bridgehead atoms. The monoisotopic (exact) mass is 443 g/mol. The minimum absolute atomic E-state index is 0.00515. The van der Waals surface area contributed by atoms with E-state index in [0.29, 0.717) is 12.6 Å². The quantitative estimate of drug-likeness (QED) is 0.348. The normalized spacial score (nSPS) is 26.9. The fourth-order valence-corrected chi connectivity index (χ4v) is 5.64. The van der Waals surface area contributed by atoms with Gasteiger partial charge in [0.05, 0.1) is 18.4 Å². The smallest absolute Gasteiger partial charge is 0.213 e. The van der Waals surface area contributed by atoms with E-state index < -0.39 is 10.0 Å². The van der Waals surface area contributed by atoms with Gasteiger partial charge in [-0.05, 0) is 51.4 Å². The van der Waals surface area contributed by atoms with Gasteiger partial charge in [0.25, 0.3) is 0 Å². The van der Waals surface area contributed by atoms with Gasteiger partial charge in [0.2, 0.25) is 10.0 Å². The van der Waals surface area contributed by atoms with E-state index in [1.54, 1.807) is 0 Å². The second kappa shape index (κ2) is 12.2. The molecule has 1 aliphatic carbocycles. The molecule has 2 heterocycles. The number of hydrogen-bond donors (Lipinski definition) is 3. The first-order valence-electron chi connectivity index (χ1n) is 11.9. The molecule has 3 fully saturated rings. The summed E-state index contributed by atoms with van der Waals surface area (Å²) >= 11 is 0. The zero-order chi connectivity index (χ0) is 21.2. The Morgan fingerprint density at radius 3 is 2.67 bits per heavy atom. The molecule has 0 radical (unpaired) electrons. The average Bonchev–Trinajstić information content (AvgIpc) is 3.40. The number of nitrogens with zero attached hydrogens (tertiary/aromatic N) is 2. The van der Waals surface area contributed by atoms with Gasteiger partial charge in [0.1, 0.15) is 0 Å². The van der Waals surface area contributed by atoms with Crippen LogP contribution in [0.2, 0.25) is 0 Å². The summed E-state index contributed by atoms with van der Waals surface area (Å²) in [4.78, 5) is 7.08. The molecule has 0 aromatic rings. The van der Waals surface area contributed by atoms with Crippen molar-refractivity contribution in [2.24, 2.45) is 10.9 Å². The molecule has 9 heteroatoms. The van der Waals surface area contributed by atoms with Gasteiger partial charge in [-0.3, -0.25) is 4.99 Å². The van der Waals surface area contributed by atoms with Crippen LogP contribution in [0.4, 0.5) is 0 Å². The average molecular weight is 444 g/mol. The van der Waals surface area contributed by atoms with E-state index >= 15 is 0 Å². The number of rotatable bonds is 10. The van der Waals surface area contributed by atoms with Gasteiger partial charge in [0.15, 0.2) is 5.96 Å². The number of sulfonamides is 1. The minimum Gasteiger partial charge on any atom is -0.377 e. The van der Waals surface area contributed by atoms with Crippen molar-refractivity contribution in [1.29, 1.82) is 0 Å². The summed E-state index contributed by atoms with van der Waals surface area (Å²) in [6.45, 7) is 7.53. The Balaban J connectivity index is 1.39. The Hall–Kier alpha value is -0.900. The van der Waals surface area contributed by atoms with Gasteiger partial charge in [-0.1, -0.05) is 12.8 Å². The van der Waals surface area contributed by atoms with Crippen LogP contribution in [0, 0.1) is 5.92 Å². The van der Waals surface area contributed by atoms with Gasteiger partial charge < -0.3 is 20.3 Å². The second-order valence-corrected chi connectivity index (χ2v) is 10.9. The molecule has 2 atom stereocenters. The van der Waals surface area contributed by atoms with Gasteiger partial charge in [-0.15, -0.1) is 0 Å². The first-order chi connectivity index (χ1) is 14.5. The Bertz CT molecular complexity index is 631. The molecule has 0 aromatic heterocycles. The summed E-state index contributed by atoms with van der Waals surface area (Å²) in [7, 11) is -3.34. The predicted molar refractivity (Wildman–Crippen MR) is 121 cm³/mol. The largest absolute Gasteiger partial charge is 0.377 e. The molecular weight excluding hydrogens is 402 g/mol. The molecule has 0 amide bonds. The van der Waals surface area contributed by atoms with Crippen molar-refractivity contribution >= 4 is 16.0 Å². The molecule has 3 N–H and O–H groups in total. The SMILES string of the molecule is CCNC(=NCCS(=O)(=O)NCC1CCCCO1)NC1CCN(CC2CCCC2)C1. The third-order valence-electron chi connectivity index (χ3n) is 6.38. The zero-order valence-corrected chi connectivity index (χ0v) is 19.4. The van der Waals surface area contributed by atoms with E-state index in [0.717, 1.165) is 63.8 Å². The number of nitrogens with one attached hydrogen (secondary N) is 3. The van der Waals surface area contributed by atoms with Crippen LogP contribution in [0.3, 0.4) is 0 Å². The molecule has 1 saturated carbocycles. The molecule has 2 unspecified atom stereocenters. The highest BCUT2D eigenvalue weighted by Gasteiger charge is 2.26. The fraction of sp³-hybridized carbons (Fsp3) is 0.952. The zero-order valence-electron chi connectivity index (χ0n) is 18.6. The van der Waals surface area contributed by atoms with Gasteiger partial charge in [-0.2, -0.15) is 0 Å². The van der Waals surface area contributed by atoms with Crippen LogP contribution < -0.4 is 15.4 Å². The van der Waals surface area contributed by atoms with Crippen molar-refractivity contribution < 1.29 is 13.2 Å². The summed E-state index contributed by atoms with van der Waals surface area (Å²) in [6.07, 6.45) is 9.76.